The molecule has 4 aromatic carbocycles. The van der Waals surface area contributed by atoms with Gasteiger partial charge in [-0.2, -0.15) is 0 Å². The fourth-order valence-corrected chi connectivity index (χ4v) is 3.23. The number of nitrogens with zero attached hydrogens (tertiary/aromatic N) is 1. The lowest BCUT2D eigenvalue weighted by molar-refractivity contribution is 0.476. The second-order valence-corrected chi connectivity index (χ2v) is 6.31. The van der Waals surface area contributed by atoms with E-state index >= 15 is 0 Å². The maximum Gasteiger partial charge on any atom is 0.227 e. The summed E-state index contributed by atoms with van der Waals surface area (Å²) in [5, 5.41) is 11.6. The van der Waals surface area contributed by atoms with Gasteiger partial charge in [0.25, 0.3) is 0 Å². The summed E-state index contributed by atoms with van der Waals surface area (Å²) < 4.78 is 5.96. The summed E-state index contributed by atoms with van der Waals surface area (Å²) in [6, 6.07) is 27.6. The Hall–Kier alpha value is -3.59. The summed E-state index contributed by atoms with van der Waals surface area (Å²) in [5.74, 6) is 0.862. The van der Waals surface area contributed by atoms with E-state index in [2.05, 4.69) is 29.2 Å². The van der Waals surface area contributed by atoms with Gasteiger partial charge in [-0.1, -0.05) is 48.5 Å². The van der Waals surface area contributed by atoms with Gasteiger partial charge in [0.05, 0.1) is 0 Å². The quantitative estimate of drug-likeness (QED) is 0.428. The standard InChI is InChI=1S/C23H15NO2/c25-20-10-8-16-12-19(7-6-17(16)13-20)23-24-21-14-18(9-11-22(21)26-23)15-4-2-1-3-5-15/h1-14,25H. The Balaban J connectivity index is 1.60. The smallest absolute Gasteiger partial charge is 0.227 e. The van der Waals surface area contributed by atoms with Crippen LogP contribution >= 0.6 is 0 Å². The highest BCUT2D eigenvalue weighted by Gasteiger charge is 2.10. The lowest BCUT2D eigenvalue weighted by Crippen LogP contribution is -1.79. The lowest BCUT2D eigenvalue weighted by Gasteiger charge is -2.01. The predicted octanol–water partition coefficient (Wildman–Crippen LogP) is 6.02. The van der Waals surface area contributed by atoms with Crippen LogP contribution in [-0.2, 0) is 0 Å². The topological polar surface area (TPSA) is 46.3 Å². The highest BCUT2D eigenvalue weighted by molar-refractivity contribution is 5.88. The van der Waals surface area contributed by atoms with Crippen molar-refractivity contribution in [1.29, 1.82) is 0 Å². The minimum Gasteiger partial charge on any atom is -0.508 e. The first kappa shape index (κ1) is 14.7. The van der Waals surface area contributed by atoms with Crippen molar-refractivity contribution < 1.29 is 9.52 Å². The Labute approximate surface area is 150 Å². The number of aromatic nitrogens is 1. The fraction of sp³-hybridized carbons (Fsp3) is 0. The first-order valence-electron chi connectivity index (χ1n) is 8.45. The Morgan fingerprint density at radius 2 is 1.42 bits per heavy atom. The highest BCUT2D eigenvalue weighted by Crippen LogP contribution is 2.30. The second kappa shape index (κ2) is 5.74. The third-order valence-corrected chi connectivity index (χ3v) is 4.57. The number of phenols is 1. The normalized spacial score (nSPS) is 11.2. The molecule has 0 aliphatic carbocycles. The molecule has 0 unspecified atom stereocenters. The minimum absolute atomic E-state index is 0.264. The number of fused-ring (bicyclic) bond motifs is 2. The molecule has 0 atom stereocenters. The number of hydrogen-bond donors (Lipinski definition) is 1. The molecule has 5 rings (SSSR count). The minimum atomic E-state index is 0.264. The van der Waals surface area contributed by atoms with Crippen LogP contribution in [0.1, 0.15) is 0 Å². The number of oxazole rings is 1. The van der Waals surface area contributed by atoms with Crippen LogP contribution in [0.25, 0.3) is 44.5 Å². The fourth-order valence-electron chi connectivity index (χ4n) is 3.23. The molecular formula is C23H15NO2. The number of rotatable bonds is 2. The molecule has 0 aliphatic rings. The number of benzene rings is 4. The van der Waals surface area contributed by atoms with Gasteiger partial charge in [0, 0.05) is 5.56 Å². The van der Waals surface area contributed by atoms with Crippen LogP contribution in [0.3, 0.4) is 0 Å². The second-order valence-electron chi connectivity index (χ2n) is 6.31. The molecule has 0 saturated carbocycles. The molecule has 0 fully saturated rings. The van der Waals surface area contributed by atoms with Gasteiger partial charge in [0.1, 0.15) is 11.3 Å². The maximum absolute atomic E-state index is 9.60. The van der Waals surface area contributed by atoms with Crippen molar-refractivity contribution in [2.45, 2.75) is 0 Å². The summed E-state index contributed by atoms with van der Waals surface area (Å²) in [6.07, 6.45) is 0. The Morgan fingerprint density at radius 3 is 2.31 bits per heavy atom. The maximum atomic E-state index is 9.60. The molecule has 1 heterocycles. The molecule has 0 spiro atoms. The largest absolute Gasteiger partial charge is 0.508 e. The van der Waals surface area contributed by atoms with Crippen molar-refractivity contribution in [1.82, 2.24) is 4.98 Å². The van der Waals surface area contributed by atoms with E-state index in [0.29, 0.717) is 5.89 Å². The number of phenolic OH excluding ortho intramolecular Hbond substituents is 1. The molecule has 1 aromatic heterocycles. The summed E-state index contributed by atoms with van der Waals surface area (Å²) >= 11 is 0. The van der Waals surface area contributed by atoms with Gasteiger partial charge in [0.15, 0.2) is 5.58 Å². The summed E-state index contributed by atoms with van der Waals surface area (Å²) in [5.41, 5.74) is 4.80. The van der Waals surface area contributed by atoms with Crippen LogP contribution < -0.4 is 0 Å². The summed E-state index contributed by atoms with van der Waals surface area (Å²) in [7, 11) is 0. The van der Waals surface area contributed by atoms with Gasteiger partial charge in [0.2, 0.25) is 5.89 Å². The first-order valence-corrected chi connectivity index (χ1v) is 8.45. The average Bonchev–Trinajstić information content (AvgIpc) is 3.11. The Bertz CT molecular complexity index is 1240. The van der Waals surface area contributed by atoms with E-state index in [0.717, 1.165) is 38.6 Å². The van der Waals surface area contributed by atoms with Crippen molar-refractivity contribution in [3.8, 4) is 28.3 Å². The Morgan fingerprint density at radius 1 is 0.654 bits per heavy atom. The van der Waals surface area contributed by atoms with Gasteiger partial charge in [-0.05, 0) is 58.3 Å². The molecule has 1 N–H and O–H groups in total. The molecule has 3 nitrogen and oxygen atoms in total. The predicted molar refractivity (Wildman–Crippen MR) is 104 cm³/mol. The molecule has 0 saturated heterocycles. The van der Waals surface area contributed by atoms with Crippen LogP contribution in [0.15, 0.2) is 89.3 Å². The van der Waals surface area contributed by atoms with Crippen LogP contribution in [0.4, 0.5) is 0 Å². The van der Waals surface area contributed by atoms with Gasteiger partial charge in [-0.3, -0.25) is 0 Å². The molecule has 5 aromatic rings. The van der Waals surface area contributed by atoms with Crippen molar-refractivity contribution >= 4 is 21.9 Å². The third-order valence-electron chi connectivity index (χ3n) is 4.57. The van der Waals surface area contributed by atoms with Crippen molar-refractivity contribution in [2.75, 3.05) is 0 Å². The van der Waals surface area contributed by atoms with E-state index in [9.17, 15) is 5.11 Å². The summed E-state index contributed by atoms with van der Waals surface area (Å²) in [4.78, 5) is 4.68. The van der Waals surface area contributed by atoms with Crippen LogP contribution in [0.2, 0.25) is 0 Å². The van der Waals surface area contributed by atoms with Gasteiger partial charge < -0.3 is 9.52 Å². The molecule has 0 amide bonds. The number of hydrogen-bond acceptors (Lipinski definition) is 3. The lowest BCUT2D eigenvalue weighted by atomic mass is 10.1. The van der Waals surface area contributed by atoms with Gasteiger partial charge in [-0.25, -0.2) is 4.98 Å². The highest BCUT2D eigenvalue weighted by atomic mass is 16.3. The first-order chi connectivity index (χ1) is 12.8. The molecule has 3 heteroatoms. The zero-order chi connectivity index (χ0) is 17.5. The van der Waals surface area contributed by atoms with E-state index in [4.69, 9.17) is 4.42 Å². The molecular weight excluding hydrogens is 322 g/mol. The van der Waals surface area contributed by atoms with Crippen molar-refractivity contribution in [3.05, 3.63) is 84.9 Å². The van der Waals surface area contributed by atoms with Crippen molar-refractivity contribution in [3.63, 3.8) is 0 Å². The molecule has 0 radical (unpaired) electrons. The number of aromatic hydroxyl groups is 1. The Kier molecular flexibility index (Phi) is 3.25. The van der Waals surface area contributed by atoms with Gasteiger partial charge >= 0.3 is 0 Å². The SMILES string of the molecule is Oc1ccc2cc(-c3nc4cc(-c5ccccc5)ccc4o3)ccc2c1. The van der Waals surface area contributed by atoms with E-state index in [1.54, 1.807) is 12.1 Å². The zero-order valence-corrected chi connectivity index (χ0v) is 13.9. The van der Waals surface area contributed by atoms with Crippen LogP contribution in [0, 0.1) is 0 Å². The summed E-state index contributed by atoms with van der Waals surface area (Å²) in [6.45, 7) is 0. The van der Waals surface area contributed by atoms with E-state index < -0.39 is 0 Å². The average molecular weight is 337 g/mol. The van der Waals surface area contributed by atoms with Crippen molar-refractivity contribution in [2.24, 2.45) is 0 Å². The van der Waals surface area contributed by atoms with Crippen LogP contribution in [-0.4, -0.2) is 10.1 Å². The van der Waals surface area contributed by atoms with Gasteiger partial charge in [-0.15, -0.1) is 0 Å². The monoisotopic (exact) mass is 337 g/mol. The van der Waals surface area contributed by atoms with E-state index in [1.807, 2.05) is 48.5 Å². The molecule has 26 heavy (non-hydrogen) atoms. The van der Waals surface area contributed by atoms with Crippen LogP contribution in [0.5, 0.6) is 5.75 Å². The zero-order valence-electron chi connectivity index (χ0n) is 13.9. The molecule has 0 bridgehead atoms. The third kappa shape index (κ3) is 2.50. The molecule has 0 aliphatic heterocycles. The van der Waals surface area contributed by atoms with E-state index in [-0.39, 0.29) is 5.75 Å². The van der Waals surface area contributed by atoms with E-state index in [1.165, 1.54) is 0 Å². The molecule has 124 valence electrons.